The predicted octanol–water partition coefficient (Wildman–Crippen LogP) is -0.441. The SMILES string of the molecule is C1CCNC1.NC(N)=S. The number of nitrogens with two attached hydrogens (primary N) is 2. The molecule has 0 radical (unpaired) electrons. The van der Waals surface area contributed by atoms with Crippen LogP contribution in [0, 0.1) is 0 Å². The van der Waals surface area contributed by atoms with Gasteiger partial charge in [0.1, 0.15) is 0 Å². The molecule has 1 rings (SSSR count). The zero-order valence-corrected chi connectivity index (χ0v) is 6.21. The summed E-state index contributed by atoms with van der Waals surface area (Å²) in [6.07, 6.45) is 2.78. The molecule has 0 aliphatic carbocycles. The van der Waals surface area contributed by atoms with Crippen molar-refractivity contribution in [3.63, 3.8) is 0 Å². The molecule has 0 aromatic rings. The average Bonchev–Trinajstić information content (AvgIpc) is 2.11. The van der Waals surface area contributed by atoms with Gasteiger partial charge < -0.3 is 16.8 Å². The van der Waals surface area contributed by atoms with E-state index in [0.717, 1.165) is 0 Å². The van der Waals surface area contributed by atoms with Gasteiger partial charge in [-0.2, -0.15) is 0 Å². The summed E-state index contributed by atoms with van der Waals surface area (Å²) in [6.45, 7) is 2.50. The molecular formula is C5H13N3S. The van der Waals surface area contributed by atoms with Gasteiger partial charge in [-0.1, -0.05) is 0 Å². The van der Waals surface area contributed by atoms with Crippen molar-refractivity contribution in [3.8, 4) is 0 Å². The van der Waals surface area contributed by atoms with Gasteiger partial charge in [-0.05, 0) is 38.1 Å². The van der Waals surface area contributed by atoms with E-state index in [1.807, 2.05) is 0 Å². The maximum absolute atomic E-state index is 4.62. The van der Waals surface area contributed by atoms with E-state index >= 15 is 0 Å². The zero-order chi connectivity index (χ0) is 7.11. The molecule has 0 bridgehead atoms. The van der Waals surface area contributed by atoms with E-state index in [9.17, 15) is 0 Å². The van der Waals surface area contributed by atoms with Crippen molar-refractivity contribution >= 4 is 17.3 Å². The van der Waals surface area contributed by atoms with Crippen molar-refractivity contribution in [2.75, 3.05) is 13.1 Å². The Kier molecular flexibility index (Phi) is 5.56. The first-order valence-electron chi connectivity index (χ1n) is 2.99. The van der Waals surface area contributed by atoms with E-state index in [1.165, 1.54) is 25.9 Å². The second-order valence-corrected chi connectivity index (χ2v) is 2.33. The number of rotatable bonds is 0. The molecule has 0 amide bonds. The van der Waals surface area contributed by atoms with E-state index < -0.39 is 0 Å². The Morgan fingerprint density at radius 1 is 1.22 bits per heavy atom. The van der Waals surface area contributed by atoms with Crippen LogP contribution in [0.15, 0.2) is 0 Å². The van der Waals surface area contributed by atoms with Gasteiger partial charge in [0.15, 0.2) is 5.11 Å². The van der Waals surface area contributed by atoms with Crippen molar-refractivity contribution in [2.45, 2.75) is 12.8 Å². The van der Waals surface area contributed by atoms with E-state index in [4.69, 9.17) is 0 Å². The summed E-state index contributed by atoms with van der Waals surface area (Å²) in [5.41, 5.74) is 9.24. The Bertz CT molecular complexity index is 68.7. The highest BCUT2D eigenvalue weighted by atomic mass is 32.1. The molecule has 9 heavy (non-hydrogen) atoms. The number of nitrogens with one attached hydrogen (secondary N) is 1. The first-order chi connectivity index (χ1) is 4.23. The lowest BCUT2D eigenvalue weighted by Crippen LogP contribution is -2.18. The third-order valence-corrected chi connectivity index (χ3v) is 0.957. The summed E-state index contributed by atoms with van der Waals surface area (Å²) in [4.78, 5) is 0. The minimum absolute atomic E-state index is 0.000000000000000222. The van der Waals surface area contributed by atoms with Gasteiger partial charge in [0.2, 0.25) is 0 Å². The summed E-state index contributed by atoms with van der Waals surface area (Å²) in [5.74, 6) is 0. The van der Waals surface area contributed by atoms with Crippen LogP contribution in [-0.4, -0.2) is 18.2 Å². The molecule has 5 N–H and O–H groups in total. The van der Waals surface area contributed by atoms with Crippen molar-refractivity contribution in [2.24, 2.45) is 11.5 Å². The maximum atomic E-state index is 4.62. The fourth-order valence-corrected chi connectivity index (χ4v) is 0.625. The third kappa shape index (κ3) is 11.3. The van der Waals surface area contributed by atoms with E-state index in [0.29, 0.717) is 0 Å². The first-order valence-corrected chi connectivity index (χ1v) is 3.40. The summed E-state index contributed by atoms with van der Waals surface area (Å²) >= 11 is 4.09. The number of hydrogen-bond donors (Lipinski definition) is 3. The molecule has 1 heterocycles. The van der Waals surface area contributed by atoms with Crippen LogP contribution in [0.5, 0.6) is 0 Å². The van der Waals surface area contributed by atoms with Crippen molar-refractivity contribution in [1.29, 1.82) is 0 Å². The third-order valence-electron chi connectivity index (χ3n) is 0.957. The molecule has 0 aromatic heterocycles. The molecule has 4 heteroatoms. The maximum Gasteiger partial charge on any atom is 0.160 e. The molecule has 54 valence electrons. The van der Waals surface area contributed by atoms with E-state index in [2.05, 4.69) is 29.0 Å². The highest BCUT2D eigenvalue weighted by Gasteiger charge is 1.93. The Labute approximate surface area is 60.8 Å². The van der Waals surface area contributed by atoms with Crippen LogP contribution in [0.1, 0.15) is 12.8 Å². The lowest BCUT2D eigenvalue weighted by molar-refractivity contribution is 0.857. The number of thiocarbonyl (C=S) groups is 1. The van der Waals surface area contributed by atoms with Gasteiger partial charge in [0, 0.05) is 0 Å². The summed E-state index contributed by atoms with van der Waals surface area (Å²) < 4.78 is 0. The lowest BCUT2D eigenvalue weighted by Gasteiger charge is -1.76. The quantitative estimate of drug-likeness (QED) is 0.406. The normalized spacial score (nSPS) is 16.0. The van der Waals surface area contributed by atoms with Crippen LogP contribution >= 0.6 is 12.2 Å². The Morgan fingerprint density at radius 2 is 1.56 bits per heavy atom. The lowest BCUT2D eigenvalue weighted by atomic mass is 10.4. The smallest absolute Gasteiger partial charge is 0.160 e. The van der Waals surface area contributed by atoms with Crippen LogP contribution in [-0.2, 0) is 0 Å². The molecule has 1 aliphatic rings. The van der Waals surface area contributed by atoms with Gasteiger partial charge in [0.25, 0.3) is 0 Å². The fraction of sp³-hybridized carbons (Fsp3) is 0.800. The topological polar surface area (TPSA) is 64.1 Å². The standard InChI is InChI=1S/C4H9N.CH4N2S/c1-2-4-5-3-1;2-1(3)4/h5H,1-4H2;(H4,2,3,4). The van der Waals surface area contributed by atoms with Gasteiger partial charge in [-0.3, -0.25) is 0 Å². The molecule has 1 saturated heterocycles. The Hall–Kier alpha value is -0.350. The molecule has 3 nitrogen and oxygen atoms in total. The van der Waals surface area contributed by atoms with Gasteiger partial charge in [0.05, 0.1) is 0 Å². The van der Waals surface area contributed by atoms with E-state index in [1.54, 1.807) is 0 Å². The van der Waals surface area contributed by atoms with E-state index in [-0.39, 0.29) is 5.11 Å². The zero-order valence-electron chi connectivity index (χ0n) is 5.39. The van der Waals surface area contributed by atoms with Crippen molar-refractivity contribution in [1.82, 2.24) is 5.32 Å². The molecule has 0 saturated carbocycles. The van der Waals surface area contributed by atoms with Crippen molar-refractivity contribution < 1.29 is 0 Å². The van der Waals surface area contributed by atoms with Crippen LogP contribution < -0.4 is 16.8 Å². The van der Waals surface area contributed by atoms with Crippen LogP contribution in [0.25, 0.3) is 0 Å². The highest BCUT2D eigenvalue weighted by Crippen LogP contribution is 1.90. The first kappa shape index (κ1) is 8.65. The van der Waals surface area contributed by atoms with Crippen LogP contribution in [0.3, 0.4) is 0 Å². The highest BCUT2D eigenvalue weighted by molar-refractivity contribution is 7.80. The molecule has 0 atom stereocenters. The summed E-state index contributed by atoms with van der Waals surface area (Å²) in [5, 5.41) is 3.22. The summed E-state index contributed by atoms with van der Waals surface area (Å²) in [6, 6.07) is 0. The fourth-order valence-electron chi connectivity index (χ4n) is 0.625. The van der Waals surface area contributed by atoms with Crippen LogP contribution in [0.2, 0.25) is 0 Å². The molecule has 0 spiro atoms. The molecule has 0 unspecified atom stereocenters. The van der Waals surface area contributed by atoms with Gasteiger partial charge in [-0.15, -0.1) is 0 Å². The molecular weight excluding hydrogens is 134 g/mol. The minimum atomic E-state index is 0.000000000000000222. The van der Waals surface area contributed by atoms with Crippen molar-refractivity contribution in [3.05, 3.63) is 0 Å². The largest absolute Gasteiger partial charge is 0.377 e. The van der Waals surface area contributed by atoms with Crippen LogP contribution in [0.4, 0.5) is 0 Å². The predicted molar refractivity (Wildman–Crippen MR) is 43.1 cm³/mol. The van der Waals surface area contributed by atoms with Gasteiger partial charge in [-0.25, -0.2) is 0 Å². The second-order valence-electron chi connectivity index (χ2n) is 1.86. The monoisotopic (exact) mass is 147 g/mol. The second kappa shape index (κ2) is 5.78. The van der Waals surface area contributed by atoms with Gasteiger partial charge >= 0.3 is 0 Å². The average molecular weight is 147 g/mol. The Morgan fingerprint density at radius 3 is 1.67 bits per heavy atom. The minimum Gasteiger partial charge on any atom is -0.377 e. The number of hydrogen-bond acceptors (Lipinski definition) is 2. The molecule has 1 fully saturated rings. The molecule has 0 aromatic carbocycles. The summed E-state index contributed by atoms with van der Waals surface area (Å²) in [7, 11) is 0. The Balaban J connectivity index is 0.000000148. The molecule has 1 aliphatic heterocycles.